The molecule has 2 heterocycles. The first-order chi connectivity index (χ1) is 10.5. The van der Waals surface area contributed by atoms with Crippen LogP contribution < -0.4 is 0 Å². The fourth-order valence-corrected chi connectivity index (χ4v) is 2.40. The summed E-state index contributed by atoms with van der Waals surface area (Å²) in [6.07, 6.45) is 0. The Labute approximate surface area is 129 Å². The number of benzene rings is 1. The Morgan fingerprint density at radius 2 is 1.32 bits per heavy atom. The van der Waals surface area contributed by atoms with Gasteiger partial charge < -0.3 is 0 Å². The Hall–Kier alpha value is -1.92. The zero-order valence-corrected chi connectivity index (χ0v) is 13.1. The molecule has 0 N–H and O–H groups in total. The molecule has 6 nitrogen and oxygen atoms in total. The van der Waals surface area contributed by atoms with Crippen LogP contribution in [0.3, 0.4) is 0 Å². The van der Waals surface area contributed by atoms with Gasteiger partial charge in [-0.2, -0.15) is 0 Å². The number of likely N-dealkylation sites (N-methyl/N-ethyl adjacent to an activating group) is 2. The molecule has 0 aliphatic carbocycles. The van der Waals surface area contributed by atoms with Crippen molar-refractivity contribution in [3.8, 4) is 0 Å². The van der Waals surface area contributed by atoms with E-state index in [0.717, 1.165) is 39.3 Å². The quantitative estimate of drug-likeness (QED) is 0.591. The molecule has 2 fully saturated rings. The molecule has 3 rings (SSSR count). The van der Waals surface area contributed by atoms with Gasteiger partial charge in [-0.1, -0.05) is 6.07 Å². The maximum Gasteiger partial charge on any atom is 0.397 e. The summed E-state index contributed by atoms with van der Waals surface area (Å²) in [6.45, 7) is 8.97. The van der Waals surface area contributed by atoms with Gasteiger partial charge in [0, 0.05) is 0 Å². The largest absolute Gasteiger partial charge is 0.397 e. The van der Waals surface area contributed by atoms with E-state index in [9.17, 15) is 9.59 Å². The van der Waals surface area contributed by atoms with Crippen molar-refractivity contribution in [3.63, 3.8) is 0 Å². The molecule has 1 aromatic carbocycles. The second-order valence-electron chi connectivity index (χ2n) is 5.98. The number of hydrogen-bond acceptors (Lipinski definition) is 4. The highest BCUT2D eigenvalue weighted by Gasteiger charge is 2.47. The van der Waals surface area contributed by atoms with Crippen molar-refractivity contribution in [2.45, 2.75) is 13.8 Å². The fourth-order valence-electron chi connectivity index (χ4n) is 2.40. The fraction of sp³-hybridized carbons (Fsp3) is 0.500. The molecule has 0 radical (unpaired) electrons. The summed E-state index contributed by atoms with van der Waals surface area (Å²) in [5, 5.41) is 0. The van der Waals surface area contributed by atoms with Crippen molar-refractivity contribution in [1.82, 2.24) is 0 Å². The maximum absolute atomic E-state index is 12.2. The first kappa shape index (κ1) is 15.0. The van der Waals surface area contributed by atoms with Gasteiger partial charge >= 0.3 is 11.9 Å². The number of rotatable bonds is 6. The van der Waals surface area contributed by atoms with Crippen LogP contribution in [-0.2, 0) is 9.68 Å². The molecular formula is C16H22N2O4+2. The summed E-state index contributed by atoms with van der Waals surface area (Å²) in [7, 11) is 0. The summed E-state index contributed by atoms with van der Waals surface area (Å²) in [6, 6.07) is 6.56. The number of hydrogen-bond donors (Lipinski definition) is 0. The molecular weight excluding hydrogens is 284 g/mol. The van der Waals surface area contributed by atoms with Gasteiger partial charge in [0.05, 0.1) is 11.1 Å². The van der Waals surface area contributed by atoms with E-state index in [1.165, 1.54) is 0 Å². The average molecular weight is 306 g/mol. The first-order valence-corrected chi connectivity index (χ1v) is 7.81. The molecule has 0 unspecified atom stereocenters. The van der Waals surface area contributed by atoms with Crippen LogP contribution in [0.5, 0.6) is 0 Å². The Kier molecular flexibility index (Phi) is 3.66. The average Bonchev–Trinajstić information content (AvgIpc) is 3.45. The third kappa shape index (κ3) is 2.98. The van der Waals surface area contributed by atoms with Crippen LogP contribution in [0.4, 0.5) is 0 Å². The third-order valence-electron chi connectivity index (χ3n) is 4.48. The van der Waals surface area contributed by atoms with Crippen LogP contribution >= 0.6 is 0 Å². The lowest BCUT2D eigenvalue weighted by molar-refractivity contribution is -0.983. The molecule has 2 aliphatic heterocycles. The van der Waals surface area contributed by atoms with Crippen LogP contribution in [0.2, 0.25) is 0 Å². The summed E-state index contributed by atoms with van der Waals surface area (Å²) < 4.78 is 0.757. The van der Waals surface area contributed by atoms with Gasteiger partial charge in [0.25, 0.3) is 0 Å². The second kappa shape index (κ2) is 5.37. The number of nitrogens with zero attached hydrogens (tertiary/aromatic N) is 2. The standard InChI is InChI=1S/C16H22N2O4/c1-3-17(8-9-17)21-15(19)13-6-5-7-14(12-13)16(20)22-18(4-2)10-11-18/h5-7,12H,3-4,8-11H2,1-2H3/q+2. The van der Waals surface area contributed by atoms with Crippen molar-refractivity contribution < 1.29 is 28.6 Å². The number of carbonyl (C=O) groups is 2. The Morgan fingerprint density at radius 1 is 0.909 bits per heavy atom. The highest BCUT2D eigenvalue weighted by atomic mass is 16.8. The van der Waals surface area contributed by atoms with E-state index in [0.29, 0.717) is 20.4 Å². The topological polar surface area (TPSA) is 52.6 Å². The molecule has 0 aromatic heterocycles. The van der Waals surface area contributed by atoms with Crippen molar-refractivity contribution in [2.24, 2.45) is 0 Å². The predicted molar refractivity (Wildman–Crippen MR) is 78.3 cm³/mol. The van der Waals surface area contributed by atoms with E-state index in [-0.39, 0.29) is 11.9 Å². The highest BCUT2D eigenvalue weighted by Crippen LogP contribution is 2.25. The number of carbonyl (C=O) groups excluding carboxylic acids is 2. The van der Waals surface area contributed by atoms with E-state index in [4.69, 9.17) is 9.68 Å². The Bertz CT molecular complexity index is 557. The molecule has 0 bridgehead atoms. The van der Waals surface area contributed by atoms with E-state index in [1.807, 2.05) is 13.8 Å². The first-order valence-electron chi connectivity index (χ1n) is 7.81. The Balaban J connectivity index is 1.69. The molecule has 2 aliphatic rings. The maximum atomic E-state index is 12.2. The minimum absolute atomic E-state index is 0.378. The van der Waals surface area contributed by atoms with Crippen LogP contribution in [0.25, 0.3) is 0 Å². The summed E-state index contributed by atoms with van der Waals surface area (Å²) in [5.74, 6) is -0.778. The SMILES string of the molecule is CC[N+]1(OC(=O)c2cccc(C(=O)O[N+]3(CC)CC3)c2)CC1. The van der Waals surface area contributed by atoms with Gasteiger partial charge in [0.15, 0.2) is 26.2 Å². The molecule has 0 spiro atoms. The highest BCUT2D eigenvalue weighted by molar-refractivity contribution is 5.94. The lowest BCUT2D eigenvalue weighted by Crippen LogP contribution is -2.30. The number of quaternary nitrogens is 2. The smallest absolute Gasteiger partial charge is 0.271 e. The van der Waals surface area contributed by atoms with Crippen molar-refractivity contribution in [3.05, 3.63) is 35.4 Å². The normalized spacial score (nSPS) is 20.1. The van der Waals surface area contributed by atoms with E-state index < -0.39 is 0 Å². The van der Waals surface area contributed by atoms with Crippen molar-refractivity contribution >= 4 is 11.9 Å². The summed E-state index contributed by atoms with van der Waals surface area (Å²) >= 11 is 0. The molecule has 6 heteroatoms. The molecule has 0 atom stereocenters. The predicted octanol–water partition coefficient (Wildman–Crippen LogP) is 1.53. The van der Waals surface area contributed by atoms with Gasteiger partial charge in [-0.15, -0.1) is 9.29 Å². The second-order valence-corrected chi connectivity index (χ2v) is 5.98. The Morgan fingerprint density at radius 3 is 1.64 bits per heavy atom. The molecule has 2 saturated heterocycles. The van der Waals surface area contributed by atoms with Gasteiger partial charge in [0.1, 0.15) is 13.1 Å². The molecule has 0 amide bonds. The van der Waals surface area contributed by atoms with Crippen LogP contribution in [0.1, 0.15) is 34.6 Å². The minimum Gasteiger partial charge on any atom is -0.271 e. The molecule has 118 valence electrons. The van der Waals surface area contributed by atoms with Gasteiger partial charge in [-0.05, 0) is 32.0 Å². The zero-order chi connectivity index (χ0) is 15.8. The van der Waals surface area contributed by atoms with Crippen LogP contribution in [0.15, 0.2) is 24.3 Å². The van der Waals surface area contributed by atoms with E-state index in [1.54, 1.807) is 24.3 Å². The van der Waals surface area contributed by atoms with Crippen LogP contribution in [-0.4, -0.2) is 60.5 Å². The van der Waals surface area contributed by atoms with Crippen molar-refractivity contribution in [2.75, 3.05) is 39.3 Å². The summed E-state index contributed by atoms with van der Waals surface area (Å²) in [4.78, 5) is 35.4. The lowest BCUT2D eigenvalue weighted by atomic mass is 10.1. The zero-order valence-electron chi connectivity index (χ0n) is 13.1. The molecule has 22 heavy (non-hydrogen) atoms. The van der Waals surface area contributed by atoms with E-state index >= 15 is 0 Å². The molecule has 1 aromatic rings. The third-order valence-corrected chi connectivity index (χ3v) is 4.48. The lowest BCUT2D eigenvalue weighted by Gasteiger charge is -2.15. The summed E-state index contributed by atoms with van der Waals surface area (Å²) in [5.41, 5.74) is 0.780. The van der Waals surface area contributed by atoms with Gasteiger partial charge in [-0.25, -0.2) is 9.59 Å². The number of hydroxylamine groups is 6. The van der Waals surface area contributed by atoms with Crippen LogP contribution in [0, 0.1) is 0 Å². The van der Waals surface area contributed by atoms with Gasteiger partial charge in [0.2, 0.25) is 0 Å². The molecule has 0 saturated carbocycles. The minimum atomic E-state index is -0.389. The van der Waals surface area contributed by atoms with Gasteiger partial charge in [-0.3, -0.25) is 9.68 Å². The van der Waals surface area contributed by atoms with Crippen molar-refractivity contribution in [1.29, 1.82) is 0 Å². The monoisotopic (exact) mass is 306 g/mol. The van der Waals surface area contributed by atoms with E-state index in [2.05, 4.69) is 0 Å².